The molecule has 1 aliphatic rings. The van der Waals surface area contributed by atoms with Crippen LogP contribution in [0.5, 0.6) is 11.5 Å². The molecule has 20 heavy (non-hydrogen) atoms. The molecule has 0 N–H and O–H groups in total. The zero-order valence-corrected chi connectivity index (χ0v) is 13.1. The molecule has 0 saturated heterocycles. The average molecular weight is 309 g/mol. The number of nitrogens with zero attached hydrogens (tertiary/aromatic N) is 1. The van der Waals surface area contributed by atoms with Crippen LogP contribution in [0.15, 0.2) is 28.9 Å². The Morgan fingerprint density at radius 1 is 1.35 bits per heavy atom. The number of aliphatic imine (C=N–C) groups is 1. The van der Waals surface area contributed by atoms with E-state index in [1.54, 1.807) is 38.1 Å². The first-order valence-electron chi connectivity index (χ1n) is 6.05. The number of hydrogen-bond donors (Lipinski definition) is 0. The quantitative estimate of drug-likeness (QED) is 0.798. The number of hydrogen-bond acceptors (Lipinski definition) is 6. The highest BCUT2D eigenvalue weighted by Crippen LogP contribution is 2.33. The van der Waals surface area contributed by atoms with Crippen molar-refractivity contribution in [2.75, 3.05) is 20.0 Å². The van der Waals surface area contributed by atoms with Gasteiger partial charge in [-0.3, -0.25) is 4.79 Å². The van der Waals surface area contributed by atoms with Crippen molar-refractivity contribution in [2.45, 2.75) is 6.92 Å². The molecule has 2 rings (SSSR count). The number of carbonyl (C=O) groups is 1. The molecule has 1 aliphatic heterocycles. The van der Waals surface area contributed by atoms with Crippen molar-refractivity contribution in [3.8, 4) is 11.5 Å². The van der Waals surface area contributed by atoms with Crippen LogP contribution in [0.2, 0.25) is 0 Å². The Labute approximate surface area is 126 Å². The zero-order valence-electron chi connectivity index (χ0n) is 11.5. The van der Waals surface area contributed by atoms with E-state index in [-0.39, 0.29) is 5.12 Å². The number of carbonyl (C=O) groups excluding carboxylic acids is 1. The van der Waals surface area contributed by atoms with E-state index in [2.05, 4.69) is 4.99 Å². The number of thioether (sulfide) groups is 2. The van der Waals surface area contributed by atoms with Crippen LogP contribution < -0.4 is 9.47 Å². The van der Waals surface area contributed by atoms with E-state index in [1.807, 2.05) is 19.1 Å². The fourth-order valence-electron chi connectivity index (χ4n) is 1.66. The molecule has 0 aliphatic carbocycles. The summed E-state index contributed by atoms with van der Waals surface area (Å²) in [5, 5.41) is -0.0289. The Bertz CT molecular complexity index is 582. The molecule has 0 atom stereocenters. The van der Waals surface area contributed by atoms with Crippen LogP contribution >= 0.6 is 23.5 Å². The van der Waals surface area contributed by atoms with Crippen LogP contribution in [0.4, 0.5) is 0 Å². The minimum Gasteiger partial charge on any atom is -0.497 e. The molecule has 1 aromatic carbocycles. The van der Waals surface area contributed by atoms with Gasteiger partial charge in [0.1, 0.15) is 21.6 Å². The second-order valence-electron chi connectivity index (χ2n) is 3.84. The normalized spacial score (nSPS) is 16.4. The third-order valence-corrected chi connectivity index (χ3v) is 4.49. The van der Waals surface area contributed by atoms with Crippen LogP contribution in [0.25, 0.3) is 6.08 Å². The summed E-state index contributed by atoms with van der Waals surface area (Å²) in [6.45, 7) is 2.03. The molecule has 0 amide bonds. The van der Waals surface area contributed by atoms with E-state index in [9.17, 15) is 4.79 Å². The SMILES string of the molecule is CCSC1=NC(=Cc2ccc(OC)cc2OC)C(=O)S1. The topological polar surface area (TPSA) is 47.9 Å². The monoisotopic (exact) mass is 309 g/mol. The van der Waals surface area contributed by atoms with Crippen LogP contribution in [0.3, 0.4) is 0 Å². The third kappa shape index (κ3) is 3.37. The van der Waals surface area contributed by atoms with Crippen LogP contribution in [0.1, 0.15) is 12.5 Å². The number of benzene rings is 1. The van der Waals surface area contributed by atoms with Gasteiger partial charge in [0, 0.05) is 11.6 Å². The molecule has 0 saturated carbocycles. The number of methoxy groups -OCH3 is 2. The molecule has 6 heteroatoms. The molecule has 4 nitrogen and oxygen atoms in total. The average Bonchev–Trinajstić information content (AvgIpc) is 2.79. The first kappa shape index (κ1) is 15.0. The third-order valence-electron chi connectivity index (χ3n) is 2.60. The van der Waals surface area contributed by atoms with Gasteiger partial charge in [-0.25, -0.2) is 4.99 Å². The largest absolute Gasteiger partial charge is 0.497 e. The van der Waals surface area contributed by atoms with Crippen LogP contribution in [-0.2, 0) is 4.79 Å². The summed E-state index contributed by atoms with van der Waals surface area (Å²) in [4.78, 5) is 16.2. The fraction of sp³-hybridized carbons (Fsp3) is 0.286. The Morgan fingerprint density at radius 3 is 2.80 bits per heavy atom. The van der Waals surface area contributed by atoms with E-state index in [0.717, 1.165) is 15.7 Å². The Balaban J connectivity index is 2.33. The maximum absolute atomic E-state index is 11.9. The van der Waals surface area contributed by atoms with E-state index >= 15 is 0 Å². The zero-order chi connectivity index (χ0) is 14.5. The van der Waals surface area contributed by atoms with Gasteiger partial charge in [0.25, 0.3) is 0 Å². The summed E-state index contributed by atoms with van der Waals surface area (Å²) in [5.41, 5.74) is 1.26. The summed E-state index contributed by atoms with van der Waals surface area (Å²) in [5.74, 6) is 2.27. The van der Waals surface area contributed by atoms with Crippen LogP contribution in [0, 0.1) is 0 Å². The lowest BCUT2D eigenvalue weighted by molar-refractivity contribution is -0.107. The molecule has 1 heterocycles. The van der Waals surface area contributed by atoms with E-state index in [4.69, 9.17) is 9.47 Å². The minimum atomic E-state index is -0.0289. The highest BCUT2D eigenvalue weighted by molar-refractivity contribution is 8.45. The maximum atomic E-state index is 11.9. The summed E-state index contributed by atoms with van der Waals surface area (Å²) in [7, 11) is 3.19. The van der Waals surface area contributed by atoms with E-state index < -0.39 is 0 Å². The molecular formula is C14H15NO3S2. The maximum Gasteiger partial charge on any atom is 0.244 e. The second-order valence-corrected chi connectivity index (χ2v) is 6.31. The van der Waals surface area contributed by atoms with Crippen molar-refractivity contribution in [2.24, 2.45) is 4.99 Å². The molecule has 0 unspecified atom stereocenters. The van der Waals surface area contributed by atoms with Crippen molar-refractivity contribution in [3.63, 3.8) is 0 Å². The van der Waals surface area contributed by atoms with Gasteiger partial charge in [-0.15, -0.1) is 0 Å². The van der Waals surface area contributed by atoms with E-state index in [1.165, 1.54) is 11.8 Å². The van der Waals surface area contributed by atoms with Gasteiger partial charge in [-0.2, -0.15) is 0 Å². The van der Waals surface area contributed by atoms with Gasteiger partial charge in [-0.1, -0.05) is 18.7 Å². The molecule has 0 radical (unpaired) electrons. The summed E-state index contributed by atoms with van der Waals surface area (Å²) >= 11 is 2.75. The lowest BCUT2D eigenvalue weighted by Crippen LogP contribution is -1.92. The highest BCUT2D eigenvalue weighted by atomic mass is 32.2. The Hall–Kier alpha value is -1.40. The van der Waals surface area contributed by atoms with E-state index in [0.29, 0.717) is 17.2 Å². The van der Waals surface area contributed by atoms with Crippen molar-refractivity contribution < 1.29 is 14.3 Å². The van der Waals surface area contributed by atoms with Crippen molar-refractivity contribution in [1.29, 1.82) is 0 Å². The van der Waals surface area contributed by atoms with Crippen molar-refractivity contribution in [1.82, 2.24) is 0 Å². The predicted octanol–water partition coefficient (Wildman–Crippen LogP) is 3.43. The first-order chi connectivity index (χ1) is 9.67. The molecule has 106 valence electrons. The summed E-state index contributed by atoms with van der Waals surface area (Å²) in [6, 6.07) is 5.46. The highest BCUT2D eigenvalue weighted by Gasteiger charge is 2.22. The van der Waals surface area contributed by atoms with Gasteiger partial charge in [0.15, 0.2) is 0 Å². The number of rotatable bonds is 4. The van der Waals surface area contributed by atoms with Crippen molar-refractivity contribution >= 4 is 39.1 Å². The van der Waals surface area contributed by atoms with Crippen molar-refractivity contribution in [3.05, 3.63) is 29.5 Å². The van der Waals surface area contributed by atoms with Gasteiger partial charge in [0.2, 0.25) is 5.12 Å². The van der Waals surface area contributed by atoms with Crippen LogP contribution in [-0.4, -0.2) is 29.5 Å². The summed E-state index contributed by atoms with van der Waals surface area (Å²) < 4.78 is 11.3. The van der Waals surface area contributed by atoms with Gasteiger partial charge in [-0.05, 0) is 35.7 Å². The van der Waals surface area contributed by atoms with Gasteiger partial charge < -0.3 is 9.47 Å². The number of ether oxygens (including phenoxy) is 2. The van der Waals surface area contributed by atoms with Gasteiger partial charge >= 0.3 is 0 Å². The fourth-order valence-corrected chi connectivity index (χ4v) is 3.40. The Morgan fingerprint density at radius 2 is 2.15 bits per heavy atom. The molecule has 0 aromatic heterocycles. The lowest BCUT2D eigenvalue weighted by Gasteiger charge is -2.07. The predicted molar refractivity (Wildman–Crippen MR) is 85.7 cm³/mol. The second kappa shape index (κ2) is 6.85. The van der Waals surface area contributed by atoms with Gasteiger partial charge in [0.05, 0.1) is 14.2 Å². The molecule has 0 fully saturated rings. The Kier molecular flexibility index (Phi) is 5.14. The first-order valence-corrected chi connectivity index (χ1v) is 7.85. The minimum absolute atomic E-state index is 0.0289. The molecular weight excluding hydrogens is 294 g/mol. The molecule has 0 bridgehead atoms. The molecule has 0 spiro atoms. The smallest absolute Gasteiger partial charge is 0.244 e. The standard InChI is InChI=1S/C14H15NO3S2/c1-4-19-14-15-11(13(16)20-14)7-9-5-6-10(17-2)8-12(9)18-3/h5-8H,4H2,1-3H3. The molecule has 1 aromatic rings. The lowest BCUT2D eigenvalue weighted by atomic mass is 10.1. The summed E-state index contributed by atoms with van der Waals surface area (Å²) in [6.07, 6.45) is 1.75.